The Morgan fingerprint density at radius 3 is 1.57 bits per heavy atom. The van der Waals surface area contributed by atoms with Crippen molar-refractivity contribution in [2.24, 2.45) is 5.41 Å². The van der Waals surface area contributed by atoms with Crippen LogP contribution < -0.4 is 0 Å². The predicted molar refractivity (Wildman–Crippen MR) is 81.8 cm³/mol. The molecule has 1 aliphatic rings. The van der Waals surface area contributed by atoms with Crippen molar-refractivity contribution in [3.63, 3.8) is 0 Å². The highest BCUT2D eigenvalue weighted by molar-refractivity contribution is 5.70. The molecule has 0 aromatic rings. The molecule has 0 bridgehead atoms. The molecule has 0 aromatic heterocycles. The molecule has 21 heavy (non-hydrogen) atoms. The number of esters is 2. The summed E-state index contributed by atoms with van der Waals surface area (Å²) in [5, 5.41) is 0. The van der Waals surface area contributed by atoms with E-state index in [-0.39, 0.29) is 29.6 Å². The second-order valence-corrected chi connectivity index (χ2v) is 6.78. The fraction of sp³-hybridized carbons (Fsp3) is 0.882. The van der Waals surface area contributed by atoms with E-state index in [1.54, 1.807) is 0 Å². The standard InChI is InChI=1S/C17H30O4/c1-13(2)20-15(18)7-11-17(9-5-6-10-17)12-8-16(19)21-14(3)4/h13-14H,5-12H2,1-4H3. The van der Waals surface area contributed by atoms with E-state index >= 15 is 0 Å². The Balaban J connectivity index is 2.43. The molecule has 1 fully saturated rings. The Labute approximate surface area is 128 Å². The molecule has 4 heteroatoms. The Morgan fingerprint density at radius 2 is 1.24 bits per heavy atom. The number of rotatable bonds is 8. The molecule has 0 atom stereocenters. The number of hydrogen-bond donors (Lipinski definition) is 0. The van der Waals surface area contributed by atoms with Crippen LogP contribution in [0, 0.1) is 5.41 Å². The zero-order valence-corrected chi connectivity index (χ0v) is 13.9. The lowest BCUT2D eigenvalue weighted by Gasteiger charge is -2.28. The first-order valence-corrected chi connectivity index (χ1v) is 8.22. The van der Waals surface area contributed by atoms with Crippen molar-refractivity contribution in [3.05, 3.63) is 0 Å². The molecule has 0 spiro atoms. The van der Waals surface area contributed by atoms with Gasteiger partial charge in [-0.25, -0.2) is 0 Å². The van der Waals surface area contributed by atoms with Gasteiger partial charge in [0, 0.05) is 12.8 Å². The summed E-state index contributed by atoms with van der Waals surface area (Å²) in [6, 6.07) is 0. The minimum atomic E-state index is -0.124. The van der Waals surface area contributed by atoms with Crippen LogP contribution in [0.4, 0.5) is 0 Å². The van der Waals surface area contributed by atoms with Gasteiger partial charge in [0.1, 0.15) is 0 Å². The highest BCUT2D eigenvalue weighted by atomic mass is 16.5. The van der Waals surface area contributed by atoms with E-state index in [0.29, 0.717) is 12.8 Å². The quantitative estimate of drug-likeness (QED) is 0.635. The van der Waals surface area contributed by atoms with Gasteiger partial charge in [0.05, 0.1) is 12.2 Å². The van der Waals surface area contributed by atoms with Crippen LogP contribution in [-0.4, -0.2) is 24.1 Å². The minimum Gasteiger partial charge on any atom is -0.463 e. The molecule has 1 aliphatic carbocycles. The van der Waals surface area contributed by atoms with Gasteiger partial charge in [0.15, 0.2) is 0 Å². The monoisotopic (exact) mass is 298 g/mol. The van der Waals surface area contributed by atoms with E-state index in [0.717, 1.165) is 25.7 Å². The van der Waals surface area contributed by atoms with Crippen molar-refractivity contribution in [2.45, 2.75) is 91.3 Å². The van der Waals surface area contributed by atoms with Gasteiger partial charge in [-0.1, -0.05) is 12.8 Å². The molecule has 4 nitrogen and oxygen atoms in total. The largest absolute Gasteiger partial charge is 0.463 e. The van der Waals surface area contributed by atoms with Crippen LogP contribution in [0.1, 0.15) is 79.1 Å². The van der Waals surface area contributed by atoms with Gasteiger partial charge in [-0.15, -0.1) is 0 Å². The van der Waals surface area contributed by atoms with E-state index in [1.165, 1.54) is 12.8 Å². The molecule has 0 radical (unpaired) electrons. The molecule has 0 aliphatic heterocycles. The summed E-state index contributed by atoms with van der Waals surface area (Å²) in [4.78, 5) is 23.4. The topological polar surface area (TPSA) is 52.6 Å². The minimum absolute atomic E-state index is 0.0574. The molecule has 0 N–H and O–H groups in total. The van der Waals surface area contributed by atoms with Gasteiger partial charge in [0.2, 0.25) is 0 Å². The summed E-state index contributed by atoms with van der Waals surface area (Å²) < 4.78 is 10.4. The van der Waals surface area contributed by atoms with E-state index in [4.69, 9.17) is 9.47 Å². The van der Waals surface area contributed by atoms with Crippen LogP contribution in [0.25, 0.3) is 0 Å². The molecule has 0 unspecified atom stereocenters. The van der Waals surface area contributed by atoms with Crippen molar-refractivity contribution in [2.75, 3.05) is 0 Å². The summed E-state index contributed by atoms with van der Waals surface area (Å²) in [7, 11) is 0. The van der Waals surface area contributed by atoms with Crippen LogP contribution in [0.2, 0.25) is 0 Å². The van der Waals surface area contributed by atoms with Gasteiger partial charge >= 0.3 is 11.9 Å². The van der Waals surface area contributed by atoms with Crippen molar-refractivity contribution in [1.29, 1.82) is 0 Å². The molecule has 0 saturated heterocycles. The normalized spacial score (nSPS) is 17.2. The maximum atomic E-state index is 11.7. The van der Waals surface area contributed by atoms with Crippen LogP contribution >= 0.6 is 0 Å². The van der Waals surface area contributed by atoms with E-state index in [1.807, 2.05) is 27.7 Å². The number of ether oxygens (including phenoxy) is 2. The highest BCUT2D eigenvalue weighted by Crippen LogP contribution is 2.45. The van der Waals surface area contributed by atoms with Gasteiger partial charge in [-0.05, 0) is 58.8 Å². The average Bonchev–Trinajstić information content (AvgIpc) is 2.82. The lowest BCUT2D eigenvalue weighted by Crippen LogP contribution is -2.22. The van der Waals surface area contributed by atoms with Crippen LogP contribution in [0.3, 0.4) is 0 Å². The van der Waals surface area contributed by atoms with E-state index < -0.39 is 0 Å². The summed E-state index contributed by atoms with van der Waals surface area (Å²) in [6.07, 6.45) is 7.05. The Morgan fingerprint density at radius 1 is 0.857 bits per heavy atom. The molecular weight excluding hydrogens is 268 g/mol. The van der Waals surface area contributed by atoms with Crippen molar-refractivity contribution >= 4 is 11.9 Å². The third-order valence-corrected chi connectivity index (χ3v) is 4.12. The average molecular weight is 298 g/mol. The fourth-order valence-corrected chi connectivity index (χ4v) is 3.13. The Kier molecular flexibility index (Phi) is 7.20. The maximum absolute atomic E-state index is 11.7. The molecule has 1 saturated carbocycles. The zero-order chi connectivity index (χ0) is 15.9. The van der Waals surface area contributed by atoms with Gasteiger partial charge in [-0.3, -0.25) is 9.59 Å². The first kappa shape index (κ1) is 18.0. The first-order valence-electron chi connectivity index (χ1n) is 8.22. The molecule has 0 amide bonds. The number of carbonyl (C=O) groups is 2. The third-order valence-electron chi connectivity index (χ3n) is 4.12. The third kappa shape index (κ3) is 6.96. The van der Waals surface area contributed by atoms with Crippen molar-refractivity contribution in [3.8, 4) is 0 Å². The zero-order valence-electron chi connectivity index (χ0n) is 13.9. The lowest BCUT2D eigenvalue weighted by atomic mass is 9.77. The van der Waals surface area contributed by atoms with Crippen LogP contribution in [0.15, 0.2) is 0 Å². The summed E-state index contributed by atoms with van der Waals surface area (Å²) in [6.45, 7) is 7.46. The van der Waals surface area contributed by atoms with Crippen molar-refractivity contribution in [1.82, 2.24) is 0 Å². The molecule has 0 aromatic carbocycles. The number of hydrogen-bond acceptors (Lipinski definition) is 4. The van der Waals surface area contributed by atoms with Crippen LogP contribution in [0.5, 0.6) is 0 Å². The highest BCUT2D eigenvalue weighted by Gasteiger charge is 2.34. The smallest absolute Gasteiger partial charge is 0.306 e. The van der Waals surface area contributed by atoms with Gasteiger partial charge in [-0.2, -0.15) is 0 Å². The summed E-state index contributed by atoms with van der Waals surface area (Å²) in [5.74, 6) is -0.248. The Bertz CT molecular complexity index is 313. The SMILES string of the molecule is CC(C)OC(=O)CCC1(CCC(=O)OC(C)C)CCCC1. The van der Waals surface area contributed by atoms with E-state index in [2.05, 4.69) is 0 Å². The molecule has 1 rings (SSSR count). The molecule has 0 heterocycles. The number of carbonyl (C=O) groups excluding carboxylic acids is 2. The lowest BCUT2D eigenvalue weighted by molar-refractivity contribution is -0.148. The molecular formula is C17H30O4. The van der Waals surface area contributed by atoms with Gasteiger partial charge < -0.3 is 9.47 Å². The second kappa shape index (κ2) is 8.40. The maximum Gasteiger partial charge on any atom is 0.306 e. The summed E-state index contributed by atoms with van der Waals surface area (Å²) >= 11 is 0. The van der Waals surface area contributed by atoms with Crippen LogP contribution in [-0.2, 0) is 19.1 Å². The van der Waals surface area contributed by atoms with Crippen molar-refractivity contribution < 1.29 is 19.1 Å². The second-order valence-electron chi connectivity index (χ2n) is 6.78. The Hall–Kier alpha value is -1.06. The predicted octanol–water partition coefficient (Wildman–Crippen LogP) is 4.01. The first-order chi connectivity index (χ1) is 9.83. The molecule has 122 valence electrons. The van der Waals surface area contributed by atoms with E-state index in [9.17, 15) is 9.59 Å². The summed E-state index contributed by atoms with van der Waals surface area (Å²) in [5.41, 5.74) is 0.131. The fourth-order valence-electron chi connectivity index (χ4n) is 3.13. The van der Waals surface area contributed by atoms with Gasteiger partial charge in [0.25, 0.3) is 0 Å².